The summed E-state index contributed by atoms with van der Waals surface area (Å²) >= 11 is 0. The van der Waals surface area contributed by atoms with Crippen LogP contribution in [0.3, 0.4) is 0 Å². The molecule has 1 N–H and O–H groups in total. The number of unbranched alkanes of at least 4 members (excludes halogenated alkanes) is 1. The number of carbonyl (C=O) groups excluding carboxylic acids is 1. The third-order valence-corrected chi connectivity index (χ3v) is 6.08. The van der Waals surface area contributed by atoms with Crippen LogP contribution in [0.5, 0.6) is 0 Å². The van der Waals surface area contributed by atoms with E-state index in [1.54, 1.807) is 12.1 Å². The molecule has 9 heteroatoms. The molecule has 0 saturated carbocycles. The van der Waals surface area contributed by atoms with E-state index in [4.69, 9.17) is 9.73 Å². The second-order valence-electron chi connectivity index (χ2n) is 8.32. The van der Waals surface area contributed by atoms with Crippen molar-refractivity contribution in [2.45, 2.75) is 39.0 Å². The van der Waals surface area contributed by atoms with Crippen molar-refractivity contribution in [3.8, 4) is 0 Å². The first kappa shape index (κ1) is 24.0. The summed E-state index contributed by atoms with van der Waals surface area (Å²) in [5, 5.41) is 14.1. The number of nitrogens with zero attached hydrogens (tertiary/aromatic N) is 4. The zero-order valence-electron chi connectivity index (χ0n) is 19.0. The van der Waals surface area contributed by atoms with E-state index in [0.29, 0.717) is 26.3 Å². The Morgan fingerprint density at radius 1 is 1.12 bits per heavy atom. The van der Waals surface area contributed by atoms with Gasteiger partial charge in [-0.15, -0.1) is 0 Å². The Balaban J connectivity index is 1.41. The topological polar surface area (TPSA) is 100 Å². The predicted octanol–water partition coefficient (Wildman–Crippen LogP) is 2.45. The lowest BCUT2D eigenvalue weighted by Crippen LogP contribution is -2.50. The Hall–Kier alpha value is -2.68. The number of hydrogen-bond acceptors (Lipinski definition) is 5. The number of guanidine groups is 1. The standard InChI is InChI=1S/C23H35N5O4/c1-2-24-23(25-12-4-3-5-19-6-8-21(9-7-19)28(30)31)27-13-10-20(11-14-27)22(29)26-15-17-32-18-16-26/h6-9,20H,2-5,10-18H2,1H3,(H,24,25). The molecule has 2 saturated heterocycles. The molecule has 0 bridgehead atoms. The van der Waals surface area contributed by atoms with Gasteiger partial charge >= 0.3 is 0 Å². The van der Waals surface area contributed by atoms with Crippen LogP contribution in [-0.4, -0.2) is 79.1 Å². The molecule has 32 heavy (non-hydrogen) atoms. The lowest BCUT2D eigenvalue weighted by molar-refractivity contribution is -0.384. The second-order valence-corrected chi connectivity index (χ2v) is 8.32. The van der Waals surface area contributed by atoms with Crippen molar-refractivity contribution in [2.24, 2.45) is 10.9 Å². The average molecular weight is 446 g/mol. The molecule has 2 heterocycles. The highest BCUT2D eigenvalue weighted by Crippen LogP contribution is 2.20. The molecule has 3 rings (SSSR count). The summed E-state index contributed by atoms with van der Waals surface area (Å²) in [7, 11) is 0. The van der Waals surface area contributed by atoms with Crippen LogP contribution < -0.4 is 5.32 Å². The molecule has 0 radical (unpaired) electrons. The number of rotatable bonds is 8. The average Bonchev–Trinajstić information content (AvgIpc) is 2.83. The molecule has 1 aromatic carbocycles. The van der Waals surface area contributed by atoms with E-state index < -0.39 is 0 Å². The summed E-state index contributed by atoms with van der Waals surface area (Å²) in [6.45, 7) is 8.02. The molecule has 0 unspecified atom stereocenters. The number of non-ortho nitro benzene ring substituents is 1. The van der Waals surface area contributed by atoms with Gasteiger partial charge in [-0.25, -0.2) is 0 Å². The number of morpholine rings is 1. The van der Waals surface area contributed by atoms with E-state index in [1.165, 1.54) is 0 Å². The van der Waals surface area contributed by atoms with E-state index in [2.05, 4.69) is 17.1 Å². The maximum absolute atomic E-state index is 12.7. The fraction of sp³-hybridized carbons (Fsp3) is 0.652. The molecule has 2 fully saturated rings. The van der Waals surface area contributed by atoms with Crippen LogP contribution in [0.25, 0.3) is 0 Å². The third kappa shape index (κ3) is 6.91. The van der Waals surface area contributed by atoms with Gasteiger partial charge in [-0.1, -0.05) is 12.1 Å². The molecule has 1 aromatic rings. The quantitative estimate of drug-likeness (QED) is 0.217. The maximum Gasteiger partial charge on any atom is 0.269 e. The molecule has 1 amide bonds. The molecule has 2 aliphatic rings. The summed E-state index contributed by atoms with van der Waals surface area (Å²) < 4.78 is 5.36. The first-order valence-electron chi connectivity index (χ1n) is 11.7. The molecule has 0 spiro atoms. The van der Waals surface area contributed by atoms with Crippen molar-refractivity contribution in [1.29, 1.82) is 0 Å². The van der Waals surface area contributed by atoms with Gasteiger partial charge in [-0.05, 0) is 44.6 Å². The highest BCUT2D eigenvalue weighted by atomic mass is 16.6. The van der Waals surface area contributed by atoms with Crippen molar-refractivity contribution < 1.29 is 14.5 Å². The van der Waals surface area contributed by atoms with Crippen LogP contribution in [0, 0.1) is 16.0 Å². The van der Waals surface area contributed by atoms with E-state index in [-0.39, 0.29) is 22.4 Å². The number of aliphatic imine (C=N–C) groups is 1. The van der Waals surface area contributed by atoms with Gasteiger partial charge in [0.2, 0.25) is 5.91 Å². The number of piperidine rings is 1. The summed E-state index contributed by atoms with van der Waals surface area (Å²) in [5.74, 6) is 1.31. The van der Waals surface area contributed by atoms with Crippen molar-refractivity contribution in [3.63, 3.8) is 0 Å². The number of benzene rings is 1. The van der Waals surface area contributed by atoms with Crippen LogP contribution in [0.15, 0.2) is 29.3 Å². The van der Waals surface area contributed by atoms with Gasteiger partial charge in [-0.3, -0.25) is 19.9 Å². The second kappa shape index (κ2) is 12.4. The molecule has 0 aliphatic carbocycles. The van der Waals surface area contributed by atoms with E-state index in [1.807, 2.05) is 17.0 Å². The summed E-state index contributed by atoms with van der Waals surface area (Å²) in [6, 6.07) is 6.77. The number of ether oxygens (including phenoxy) is 1. The highest BCUT2D eigenvalue weighted by molar-refractivity contribution is 5.81. The van der Waals surface area contributed by atoms with E-state index in [9.17, 15) is 14.9 Å². The van der Waals surface area contributed by atoms with Gasteiger partial charge in [0.1, 0.15) is 0 Å². The minimum atomic E-state index is -0.373. The molecule has 176 valence electrons. The fourth-order valence-corrected chi connectivity index (χ4v) is 4.22. The number of nitrogens with one attached hydrogen (secondary N) is 1. The molecular formula is C23H35N5O4. The van der Waals surface area contributed by atoms with Gasteiger partial charge in [0.15, 0.2) is 5.96 Å². The Labute approximate surface area is 190 Å². The zero-order valence-corrected chi connectivity index (χ0v) is 19.0. The Kier molecular flexibility index (Phi) is 9.27. The third-order valence-electron chi connectivity index (χ3n) is 6.08. The first-order chi connectivity index (χ1) is 15.6. The summed E-state index contributed by atoms with van der Waals surface area (Å²) in [6.07, 6.45) is 4.55. The molecule has 0 aromatic heterocycles. The van der Waals surface area contributed by atoms with Gasteiger partial charge in [0, 0.05) is 57.3 Å². The molecule has 9 nitrogen and oxygen atoms in total. The normalized spacial score (nSPS) is 18.0. The maximum atomic E-state index is 12.7. The monoisotopic (exact) mass is 445 g/mol. The smallest absolute Gasteiger partial charge is 0.269 e. The SMILES string of the molecule is CCNC(=NCCCCc1ccc([N+](=O)[O-])cc1)N1CCC(C(=O)N2CCOCC2)CC1. The number of carbonyl (C=O) groups is 1. The van der Waals surface area contributed by atoms with Crippen LogP contribution in [0.1, 0.15) is 38.2 Å². The number of likely N-dealkylation sites (tertiary alicyclic amines) is 1. The van der Waals surface area contributed by atoms with E-state index in [0.717, 1.165) is 69.8 Å². The Morgan fingerprint density at radius 2 is 1.81 bits per heavy atom. The number of aryl methyl sites for hydroxylation is 1. The van der Waals surface area contributed by atoms with Crippen LogP contribution in [0.4, 0.5) is 5.69 Å². The first-order valence-corrected chi connectivity index (χ1v) is 11.7. The highest BCUT2D eigenvalue weighted by Gasteiger charge is 2.30. The largest absolute Gasteiger partial charge is 0.378 e. The van der Waals surface area contributed by atoms with Gasteiger partial charge in [0.05, 0.1) is 18.1 Å². The Bertz CT molecular complexity index is 769. The zero-order chi connectivity index (χ0) is 22.8. The summed E-state index contributed by atoms with van der Waals surface area (Å²) in [5.41, 5.74) is 1.24. The van der Waals surface area contributed by atoms with Gasteiger partial charge < -0.3 is 19.9 Å². The van der Waals surface area contributed by atoms with Gasteiger partial charge in [0.25, 0.3) is 5.69 Å². The Morgan fingerprint density at radius 3 is 2.44 bits per heavy atom. The molecular weight excluding hydrogens is 410 g/mol. The van der Waals surface area contributed by atoms with Crippen LogP contribution in [-0.2, 0) is 16.0 Å². The number of nitro benzene ring substituents is 1. The predicted molar refractivity (Wildman–Crippen MR) is 124 cm³/mol. The molecule has 0 atom stereocenters. The van der Waals surface area contributed by atoms with Crippen molar-refractivity contribution >= 4 is 17.6 Å². The van der Waals surface area contributed by atoms with E-state index >= 15 is 0 Å². The fourth-order valence-electron chi connectivity index (χ4n) is 4.22. The van der Waals surface area contributed by atoms with Crippen molar-refractivity contribution in [2.75, 3.05) is 52.5 Å². The lowest BCUT2D eigenvalue weighted by Gasteiger charge is -2.36. The van der Waals surface area contributed by atoms with Gasteiger partial charge in [-0.2, -0.15) is 0 Å². The van der Waals surface area contributed by atoms with Crippen molar-refractivity contribution in [1.82, 2.24) is 15.1 Å². The van der Waals surface area contributed by atoms with Crippen LogP contribution >= 0.6 is 0 Å². The lowest BCUT2D eigenvalue weighted by atomic mass is 9.95. The van der Waals surface area contributed by atoms with Crippen LogP contribution in [0.2, 0.25) is 0 Å². The number of nitro groups is 1. The van der Waals surface area contributed by atoms with Crippen molar-refractivity contribution in [3.05, 3.63) is 39.9 Å². The number of amides is 1. The summed E-state index contributed by atoms with van der Waals surface area (Å²) in [4.78, 5) is 32.1. The minimum absolute atomic E-state index is 0.105. The number of hydrogen-bond donors (Lipinski definition) is 1. The minimum Gasteiger partial charge on any atom is -0.378 e. The molecule has 2 aliphatic heterocycles.